The average molecular weight is 431 g/mol. The largest absolute Gasteiger partial charge is 0.497 e. The minimum absolute atomic E-state index is 0.221. The van der Waals surface area contributed by atoms with Crippen molar-refractivity contribution >= 4 is 28.4 Å². The maximum Gasteiger partial charge on any atom is 0.296 e. The molecule has 1 aliphatic heterocycles. The van der Waals surface area contributed by atoms with Crippen LogP contribution in [0.5, 0.6) is 11.5 Å². The Morgan fingerprint density at radius 1 is 1.16 bits per heavy atom. The Bertz CT molecular complexity index is 1490. The van der Waals surface area contributed by atoms with Crippen LogP contribution in [0.2, 0.25) is 0 Å². The molecule has 5 rings (SSSR count). The van der Waals surface area contributed by atoms with Crippen LogP contribution in [0.4, 0.5) is 0 Å². The first kappa shape index (κ1) is 19.2. The van der Waals surface area contributed by atoms with Crippen LogP contribution in [0.15, 0.2) is 63.7 Å². The average Bonchev–Trinajstić information content (AvgIpc) is 3.08. The van der Waals surface area contributed by atoms with E-state index in [1.807, 2.05) is 54.6 Å². The molecule has 0 spiro atoms. The van der Waals surface area contributed by atoms with Gasteiger partial charge in [-0.25, -0.2) is 0 Å². The molecule has 7 nitrogen and oxygen atoms in total. The van der Waals surface area contributed by atoms with Gasteiger partial charge < -0.3 is 9.47 Å². The highest BCUT2D eigenvalue weighted by atomic mass is 32.1. The summed E-state index contributed by atoms with van der Waals surface area (Å²) in [7, 11) is 1.59. The van der Waals surface area contributed by atoms with Crippen LogP contribution in [0.3, 0.4) is 0 Å². The van der Waals surface area contributed by atoms with Crippen molar-refractivity contribution in [3.05, 3.63) is 96.2 Å². The third-order valence-electron chi connectivity index (χ3n) is 4.95. The highest BCUT2D eigenvalue weighted by molar-refractivity contribution is 7.15. The van der Waals surface area contributed by atoms with E-state index in [0.29, 0.717) is 11.1 Å². The van der Waals surface area contributed by atoms with E-state index in [9.17, 15) is 9.59 Å². The Labute approximate surface area is 180 Å². The van der Waals surface area contributed by atoms with Crippen molar-refractivity contribution in [1.29, 1.82) is 0 Å². The number of aromatic nitrogens is 3. The summed E-state index contributed by atoms with van der Waals surface area (Å²) in [4.78, 5) is 29.7. The zero-order chi connectivity index (χ0) is 21.4. The molecular formula is C23H17N3O4S. The second-order valence-electron chi connectivity index (χ2n) is 7.04. The molecule has 31 heavy (non-hydrogen) atoms. The molecule has 2 aromatic carbocycles. The summed E-state index contributed by atoms with van der Waals surface area (Å²) in [6, 6.07) is 15.1. The minimum atomic E-state index is -0.433. The highest BCUT2D eigenvalue weighted by Crippen LogP contribution is 2.26. The number of methoxy groups -OCH3 is 1. The van der Waals surface area contributed by atoms with E-state index in [0.717, 1.165) is 39.5 Å². The molecule has 0 aliphatic carbocycles. The lowest BCUT2D eigenvalue weighted by Gasteiger charge is -2.15. The van der Waals surface area contributed by atoms with Gasteiger partial charge in [-0.2, -0.15) is 14.6 Å². The zero-order valence-electron chi connectivity index (χ0n) is 16.6. The Balaban J connectivity index is 1.53. The molecule has 0 bridgehead atoms. The lowest BCUT2D eigenvalue weighted by atomic mass is 10.1. The van der Waals surface area contributed by atoms with Gasteiger partial charge in [0.15, 0.2) is 0 Å². The monoisotopic (exact) mass is 431 g/mol. The summed E-state index contributed by atoms with van der Waals surface area (Å²) < 4.78 is 12.6. The van der Waals surface area contributed by atoms with Gasteiger partial charge in [-0.3, -0.25) is 9.59 Å². The van der Waals surface area contributed by atoms with Gasteiger partial charge in [0.25, 0.3) is 11.1 Å². The number of ether oxygens (including phenoxy) is 2. The van der Waals surface area contributed by atoms with Crippen LogP contribution in [0.25, 0.3) is 17.1 Å². The number of rotatable bonds is 4. The molecular weight excluding hydrogens is 414 g/mol. The van der Waals surface area contributed by atoms with Gasteiger partial charge in [-0.15, -0.1) is 0 Å². The van der Waals surface area contributed by atoms with Gasteiger partial charge >= 0.3 is 0 Å². The smallest absolute Gasteiger partial charge is 0.296 e. The zero-order valence-corrected chi connectivity index (χ0v) is 17.4. The van der Waals surface area contributed by atoms with Gasteiger partial charge in [0.05, 0.1) is 11.6 Å². The maximum absolute atomic E-state index is 12.9. The highest BCUT2D eigenvalue weighted by Gasteiger charge is 2.14. The standard InChI is InChI=1S/C23H17N3O4S/c1-29-17-8-6-14(7-9-17)11-18-21(27)24-23-26(25-18)22(28)20(31-23)12-15-10-16-4-2-3-5-19(16)30-13-15/h2-10,12H,11,13H2,1H3/b20-12-. The predicted molar refractivity (Wildman–Crippen MR) is 119 cm³/mol. The molecule has 0 N–H and O–H groups in total. The third-order valence-corrected chi connectivity index (χ3v) is 5.91. The lowest BCUT2D eigenvalue weighted by Crippen LogP contribution is -2.28. The lowest BCUT2D eigenvalue weighted by molar-refractivity contribution is 0.352. The number of hydrogen-bond donors (Lipinski definition) is 0. The second kappa shape index (κ2) is 7.81. The van der Waals surface area contributed by atoms with Crippen molar-refractivity contribution in [2.75, 3.05) is 13.7 Å². The molecule has 2 aromatic heterocycles. The van der Waals surface area contributed by atoms with E-state index in [1.165, 1.54) is 4.52 Å². The van der Waals surface area contributed by atoms with E-state index in [4.69, 9.17) is 9.47 Å². The molecule has 4 aromatic rings. The topological polar surface area (TPSA) is 82.8 Å². The Morgan fingerprint density at radius 3 is 2.77 bits per heavy atom. The molecule has 0 unspecified atom stereocenters. The van der Waals surface area contributed by atoms with Gasteiger partial charge in [-0.1, -0.05) is 41.7 Å². The van der Waals surface area contributed by atoms with Gasteiger partial charge in [-0.05, 0) is 41.5 Å². The van der Waals surface area contributed by atoms with E-state index in [2.05, 4.69) is 10.1 Å². The second-order valence-corrected chi connectivity index (χ2v) is 8.05. The van der Waals surface area contributed by atoms with E-state index in [1.54, 1.807) is 13.2 Å². The molecule has 3 heterocycles. The summed E-state index contributed by atoms with van der Waals surface area (Å²) >= 11 is 1.14. The number of fused-ring (bicyclic) bond motifs is 2. The van der Waals surface area contributed by atoms with Crippen molar-refractivity contribution in [2.24, 2.45) is 0 Å². The molecule has 0 saturated heterocycles. The summed E-state index contributed by atoms with van der Waals surface area (Å²) in [6.45, 7) is 0.367. The van der Waals surface area contributed by atoms with E-state index < -0.39 is 5.56 Å². The van der Waals surface area contributed by atoms with Crippen LogP contribution in [-0.2, 0) is 6.42 Å². The first-order valence-electron chi connectivity index (χ1n) is 9.60. The predicted octanol–water partition coefficient (Wildman–Crippen LogP) is 2.09. The fraction of sp³-hybridized carbons (Fsp3) is 0.130. The first-order valence-corrected chi connectivity index (χ1v) is 10.4. The number of benzene rings is 2. The third kappa shape index (κ3) is 3.73. The summed E-state index contributed by atoms with van der Waals surface area (Å²) in [5, 5.41) is 4.30. The Kier molecular flexibility index (Phi) is 4.83. The molecule has 0 amide bonds. The molecule has 0 saturated carbocycles. The molecule has 0 atom stereocenters. The number of nitrogens with zero attached hydrogens (tertiary/aromatic N) is 3. The van der Waals surface area contributed by atoms with Crippen LogP contribution in [0, 0.1) is 0 Å². The van der Waals surface area contributed by atoms with Crippen LogP contribution >= 0.6 is 11.3 Å². The molecule has 0 radical (unpaired) electrons. The van der Waals surface area contributed by atoms with Gasteiger partial charge in [0.1, 0.15) is 23.8 Å². The van der Waals surface area contributed by atoms with Crippen LogP contribution < -0.4 is 25.1 Å². The van der Waals surface area contributed by atoms with Crippen LogP contribution in [-0.4, -0.2) is 28.3 Å². The summed E-state index contributed by atoms with van der Waals surface area (Å²) in [5.74, 6) is 1.54. The minimum Gasteiger partial charge on any atom is -0.497 e. The van der Waals surface area contributed by atoms with Crippen molar-refractivity contribution in [2.45, 2.75) is 6.42 Å². The van der Waals surface area contributed by atoms with Gasteiger partial charge in [0.2, 0.25) is 4.96 Å². The number of hydrogen-bond acceptors (Lipinski definition) is 7. The fourth-order valence-electron chi connectivity index (χ4n) is 3.37. The van der Waals surface area contributed by atoms with Crippen molar-refractivity contribution in [1.82, 2.24) is 14.6 Å². The van der Waals surface area contributed by atoms with E-state index >= 15 is 0 Å². The van der Waals surface area contributed by atoms with Crippen LogP contribution in [0.1, 0.15) is 16.8 Å². The molecule has 1 aliphatic rings. The summed E-state index contributed by atoms with van der Waals surface area (Å²) in [6.07, 6.45) is 4.04. The van der Waals surface area contributed by atoms with Gasteiger partial charge in [0, 0.05) is 12.0 Å². The quantitative estimate of drug-likeness (QED) is 0.492. The molecule has 8 heteroatoms. The normalized spacial score (nSPS) is 13.6. The molecule has 154 valence electrons. The SMILES string of the molecule is COc1ccc(Cc2nn3c(=O)/c(=C/C4=Cc5ccccc5OC4)sc3nc2=O)cc1. The van der Waals surface area contributed by atoms with E-state index in [-0.39, 0.29) is 22.6 Å². The fourth-order valence-corrected chi connectivity index (χ4v) is 4.29. The number of thiazole rings is 1. The van der Waals surface area contributed by atoms with Crippen molar-refractivity contribution < 1.29 is 9.47 Å². The molecule has 0 fully saturated rings. The Morgan fingerprint density at radius 2 is 1.97 bits per heavy atom. The Hall–Kier alpha value is -3.78. The maximum atomic E-state index is 12.9. The number of para-hydroxylation sites is 1. The first-order chi connectivity index (χ1) is 15.1. The van der Waals surface area contributed by atoms with Crippen molar-refractivity contribution in [3.8, 4) is 11.5 Å². The summed E-state index contributed by atoms with van der Waals surface area (Å²) in [5.41, 5.74) is 2.19. The van der Waals surface area contributed by atoms with Crippen molar-refractivity contribution in [3.63, 3.8) is 0 Å².